The third kappa shape index (κ3) is 3.84. The van der Waals surface area contributed by atoms with Gasteiger partial charge in [-0.25, -0.2) is 4.79 Å². The number of benzene rings is 1. The van der Waals surface area contributed by atoms with Crippen LogP contribution in [0.25, 0.3) is 0 Å². The molecular formula is C21H21Br2ClN2O6. The Kier molecular flexibility index (Phi) is 6.57. The summed E-state index contributed by atoms with van der Waals surface area (Å²) in [5.41, 5.74) is 0.330. The summed E-state index contributed by atoms with van der Waals surface area (Å²) in [6.45, 7) is 0.857. The number of likely N-dealkylation sites (tertiary alicyclic amines) is 1. The normalized spacial score (nSPS) is 31.5. The first-order chi connectivity index (χ1) is 15.1. The van der Waals surface area contributed by atoms with Crippen LogP contribution in [0.1, 0.15) is 13.3 Å². The van der Waals surface area contributed by atoms with Crippen LogP contribution >= 0.6 is 43.5 Å². The number of carbonyl (C=O) groups excluding carboxylic acids is 4. The van der Waals surface area contributed by atoms with Crippen LogP contribution in [-0.2, 0) is 23.9 Å². The van der Waals surface area contributed by atoms with Gasteiger partial charge in [0.2, 0.25) is 11.8 Å². The maximum absolute atomic E-state index is 13.0. The number of fused-ring (bicyclic) bond motifs is 5. The summed E-state index contributed by atoms with van der Waals surface area (Å²) >= 11 is 13.2. The van der Waals surface area contributed by atoms with E-state index in [1.165, 1.54) is 20.1 Å². The fraction of sp³-hybridized carbons (Fsp3) is 0.524. The van der Waals surface area contributed by atoms with Gasteiger partial charge in [0.05, 0.1) is 24.6 Å². The molecule has 1 N–H and O–H groups in total. The van der Waals surface area contributed by atoms with Crippen LogP contribution in [0.3, 0.4) is 0 Å². The maximum atomic E-state index is 13.0. The van der Waals surface area contributed by atoms with Crippen molar-refractivity contribution >= 4 is 72.8 Å². The third-order valence-electron chi connectivity index (χ3n) is 6.53. The molecule has 0 radical (unpaired) electrons. The Morgan fingerprint density at radius 3 is 2.34 bits per heavy atom. The lowest BCUT2D eigenvalue weighted by molar-refractivity contribution is -0.159. The van der Waals surface area contributed by atoms with Gasteiger partial charge < -0.3 is 14.8 Å². The van der Waals surface area contributed by atoms with Crippen molar-refractivity contribution in [3.63, 3.8) is 0 Å². The molecule has 3 aliphatic rings. The number of amides is 3. The number of methoxy groups -OCH3 is 1. The molecular weight excluding hydrogens is 572 g/mol. The second kappa shape index (κ2) is 8.95. The lowest BCUT2D eigenvalue weighted by Gasteiger charge is -2.28. The van der Waals surface area contributed by atoms with Crippen LogP contribution in [0.2, 0.25) is 5.02 Å². The van der Waals surface area contributed by atoms with E-state index in [4.69, 9.17) is 21.1 Å². The zero-order valence-electron chi connectivity index (χ0n) is 17.2. The average Bonchev–Trinajstić information content (AvgIpc) is 3.36. The Bertz CT molecular complexity index is 959. The van der Waals surface area contributed by atoms with Crippen molar-refractivity contribution in [3.05, 3.63) is 23.2 Å². The van der Waals surface area contributed by atoms with E-state index in [9.17, 15) is 19.2 Å². The van der Waals surface area contributed by atoms with Crippen LogP contribution in [0.15, 0.2) is 18.2 Å². The Hall–Kier alpha value is -1.65. The SMILES string of the molecule is COc1ccc(Cl)cc1NC(=O)COC(=O)[C@H](C)N1C(=O)[C@@H]2[C@H]3C[C@@H]([C@H](Br)[C@H]3Br)[C@@H]2C1=O. The molecule has 3 fully saturated rings. The predicted molar refractivity (Wildman–Crippen MR) is 123 cm³/mol. The van der Waals surface area contributed by atoms with Crippen molar-refractivity contribution < 1.29 is 28.7 Å². The molecule has 1 heterocycles. The van der Waals surface area contributed by atoms with Crippen LogP contribution in [-0.4, -0.2) is 58.0 Å². The number of ether oxygens (including phenoxy) is 2. The highest BCUT2D eigenvalue weighted by Crippen LogP contribution is 2.60. The lowest BCUT2D eigenvalue weighted by atomic mass is 9.81. The summed E-state index contributed by atoms with van der Waals surface area (Å²) in [5.74, 6) is -2.44. The number of nitrogens with zero attached hydrogens (tertiary/aromatic N) is 1. The van der Waals surface area contributed by atoms with Crippen LogP contribution in [0, 0.1) is 23.7 Å². The van der Waals surface area contributed by atoms with Gasteiger partial charge in [0.25, 0.3) is 5.91 Å². The van der Waals surface area contributed by atoms with Crippen molar-refractivity contribution in [1.82, 2.24) is 4.90 Å². The van der Waals surface area contributed by atoms with Gasteiger partial charge >= 0.3 is 5.97 Å². The summed E-state index contributed by atoms with van der Waals surface area (Å²) in [7, 11) is 1.45. The van der Waals surface area contributed by atoms with Gasteiger partial charge in [-0.15, -0.1) is 0 Å². The number of alkyl halides is 2. The van der Waals surface area contributed by atoms with E-state index in [2.05, 4.69) is 37.2 Å². The Morgan fingerprint density at radius 1 is 1.19 bits per heavy atom. The number of hydrogen-bond acceptors (Lipinski definition) is 6. The van der Waals surface area contributed by atoms with Crippen molar-refractivity contribution in [2.75, 3.05) is 19.0 Å². The molecule has 11 heteroatoms. The number of esters is 1. The maximum Gasteiger partial charge on any atom is 0.329 e. The van der Waals surface area contributed by atoms with Crippen molar-refractivity contribution in [2.45, 2.75) is 29.0 Å². The van der Waals surface area contributed by atoms with Crippen molar-refractivity contribution in [3.8, 4) is 5.75 Å². The molecule has 4 rings (SSSR count). The number of rotatable bonds is 6. The molecule has 1 saturated heterocycles. The van der Waals surface area contributed by atoms with Gasteiger partial charge in [0.15, 0.2) is 6.61 Å². The van der Waals surface area contributed by atoms with E-state index in [0.717, 1.165) is 11.3 Å². The Balaban J connectivity index is 1.37. The third-order valence-corrected chi connectivity index (χ3v) is 9.97. The fourth-order valence-electron chi connectivity index (χ4n) is 5.08. The molecule has 2 saturated carbocycles. The first-order valence-electron chi connectivity index (χ1n) is 10.1. The van der Waals surface area contributed by atoms with Gasteiger partial charge in [0, 0.05) is 14.7 Å². The van der Waals surface area contributed by atoms with Gasteiger partial charge in [-0.1, -0.05) is 43.5 Å². The monoisotopic (exact) mass is 590 g/mol. The summed E-state index contributed by atoms with van der Waals surface area (Å²) in [5, 5.41) is 2.96. The molecule has 1 aromatic rings. The van der Waals surface area contributed by atoms with Crippen LogP contribution in [0.5, 0.6) is 5.75 Å². The van der Waals surface area contributed by atoms with Gasteiger partial charge in [-0.05, 0) is 43.4 Å². The van der Waals surface area contributed by atoms with Gasteiger partial charge in [-0.2, -0.15) is 0 Å². The van der Waals surface area contributed by atoms with Gasteiger partial charge in [-0.3, -0.25) is 19.3 Å². The largest absolute Gasteiger partial charge is 0.495 e. The lowest BCUT2D eigenvalue weighted by Crippen LogP contribution is -2.45. The van der Waals surface area contributed by atoms with E-state index in [-0.39, 0.29) is 33.3 Å². The molecule has 0 aromatic heterocycles. The highest BCUT2D eigenvalue weighted by atomic mass is 79.9. The summed E-state index contributed by atoms with van der Waals surface area (Å²) < 4.78 is 10.3. The average molecular weight is 593 g/mol. The quantitative estimate of drug-likeness (QED) is 0.310. The van der Waals surface area contributed by atoms with Crippen molar-refractivity contribution in [2.24, 2.45) is 23.7 Å². The fourth-order valence-corrected chi connectivity index (χ4v) is 7.13. The number of anilines is 1. The molecule has 2 aliphatic carbocycles. The minimum Gasteiger partial charge on any atom is -0.495 e. The second-order valence-corrected chi connectivity index (χ2v) is 10.8. The number of halogens is 3. The predicted octanol–water partition coefficient (Wildman–Crippen LogP) is 3.00. The van der Waals surface area contributed by atoms with E-state index in [0.29, 0.717) is 16.5 Å². The van der Waals surface area contributed by atoms with Crippen molar-refractivity contribution in [1.29, 1.82) is 0 Å². The topological polar surface area (TPSA) is 102 Å². The zero-order chi connectivity index (χ0) is 23.3. The van der Waals surface area contributed by atoms with E-state index in [1.807, 2.05) is 0 Å². The second-order valence-electron chi connectivity index (χ2n) is 8.23. The summed E-state index contributed by atoms with van der Waals surface area (Å²) in [4.78, 5) is 52.1. The number of carbonyl (C=O) groups is 4. The molecule has 32 heavy (non-hydrogen) atoms. The first-order valence-corrected chi connectivity index (χ1v) is 12.3. The Labute approximate surface area is 206 Å². The standard InChI is InChI=1S/C21H21Br2ClN2O6/c1-8(21(30)32-7-14(27)25-12-5-9(24)3-4-13(12)31-2)26-19(28)15-10-6-11(16(15)20(26)29)18(23)17(10)22/h3-5,8,10-11,15-18H,6-7H2,1-2H3,(H,25,27)/t8-,10+,11+,15-,16+,17-,18-/m0/s1. The van der Waals surface area contributed by atoms with E-state index < -0.39 is 36.4 Å². The molecule has 0 unspecified atom stereocenters. The number of hydrogen-bond donors (Lipinski definition) is 1. The van der Waals surface area contributed by atoms with Crippen LogP contribution < -0.4 is 10.1 Å². The number of imide groups is 1. The molecule has 8 nitrogen and oxygen atoms in total. The highest BCUT2D eigenvalue weighted by molar-refractivity contribution is 9.12. The minimum atomic E-state index is -1.11. The molecule has 172 valence electrons. The summed E-state index contributed by atoms with van der Waals surface area (Å²) in [6, 6.07) is 3.59. The molecule has 3 amide bonds. The highest BCUT2D eigenvalue weighted by Gasteiger charge is 2.67. The molecule has 7 atom stereocenters. The smallest absolute Gasteiger partial charge is 0.329 e. The Morgan fingerprint density at radius 2 is 1.78 bits per heavy atom. The zero-order valence-corrected chi connectivity index (χ0v) is 21.1. The molecule has 1 aromatic carbocycles. The molecule has 1 aliphatic heterocycles. The first kappa shape index (κ1) is 23.5. The molecule has 0 spiro atoms. The minimum absolute atomic E-state index is 0.0532. The van der Waals surface area contributed by atoms with Crippen LogP contribution in [0.4, 0.5) is 5.69 Å². The summed E-state index contributed by atoms with van der Waals surface area (Å²) in [6.07, 6.45) is 0.804. The van der Waals surface area contributed by atoms with E-state index in [1.54, 1.807) is 12.1 Å². The molecule has 2 bridgehead atoms. The van der Waals surface area contributed by atoms with Gasteiger partial charge in [0.1, 0.15) is 11.8 Å². The number of nitrogens with one attached hydrogen (secondary N) is 1. The van der Waals surface area contributed by atoms with E-state index >= 15 is 0 Å².